The van der Waals surface area contributed by atoms with Crippen LogP contribution < -0.4 is 9.47 Å². The molecular formula is C13H16O4S. The van der Waals surface area contributed by atoms with Crippen LogP contribution in [0.5, 0.6) is 11.5 Å². The van der Waals surface area contributed by atoms with Crippen LogP contribution >= 0.6 is 11.8 Å². The molecule has 5 heteroatoms. The van der Waals surface area contributed by atoms with Gasteiger partial charge in [-0.25, -0.2) is 4.79 Å². The summed E-state index contributed by atoms with van der Waals surface area (Å²) in [6, 6.07) is 5.07. The van der Waals surface area contributed by atoms with E-state index in [0.29, 0.717) is 17.1 Å². The highest BCUT2D eigenvalue weighted by Crippen LogP contribution is 2.32. The van der Waals surface area contributed by atoms with Crippen molar-refractivity contribution in [3.8, 4) is 11.5 Å². The van der Waals surface area contributed by atoms with Gasteiger partial charge in [-0.05, 0) is 30.4 Å². The standard InChI is InChI=1S/C13H16O4S/c1-15-11-4-3-9(13(14)16-2)7-12(11)17-10-5-6-18-8-10/h3-4,7,10H,5-6,8H2,1-2H3. The van der Waals surface area contributed by atoms with Gasteiger partial charge in [0.1, 0.15) is 6.10 Å². The molecule has 0 radical (unpaired) electrons. The Labute approximate surface area is 111 Å². The normalized spacial score (nSPS) is 18.4. The second-order valence-corrected chi connectivity index (χ2v) is 5.11. The zero-order valence-electron chi connectivity index (χ0n) is 10.5. The maximum absolute atomic E-state index is 11.5. The number of carbonyl (C=O) groups is 1. The van der Waals surface area contributed by atoms with Gasteiger partial charge in [-0.2, -0.15) is 11.8 Å². The van der Waals surface area contributed by atoms with Crippen molar-refractivity contribution < 1.29 is 19.0 Å². The number of thioether (sulfide) groups is 1. The van der Waals surface area contributed by atoms with Crippen molar-refractivity contribution in [3.63, 3.8) is 0 Å². The number of methoxy groups -OCH3 is 2. The molecule has 1 aliphatic rings. The number of esters is 1. The molecule has 0 saturated carbocycles. The first-order valence-corrected chi connectivity index (χ1v) is 6.91. The van der Waals surface area contributed by atoms with Crippen LogP contribution in [0.2, 0.25) is 0 Å². The molecule has 1 unspecified atom stereocenters. The van der Waals surface area contributed by atoms with Crippen molar-refractivity contribution in [1.29, 1.82) is 0 Å². The molecule has 0 amide bonds. The van der Waals surface area contributed by atoms with Gasteiger partial charge in [0.2, 0.25) is 0 Å². The lowest BCUT2D eigenvalue weighted by Crippen LogP contribution is -2.15. The van der Waals surface area contributed by atoms with E-state index in [-0.39, 0.29) is 12.1 Å². The Morgan fingerprint density at radius 3 is 2.78 bits per heavy atom. The van der Waals surface area contributed by atoms with Gasteiger partial charge in [0.25, 0.3) is 0 Å². The number of hydrogen-bond acceptors (Lipinski definition) is 5. The molecule has 98 valence electrons. The average molecular weight is 268 g/mol. The molecule has 1 aromatic carbocycles. The third-order valence-electron chi connectivity index (χ3n) is 2.77. The Balaban J connectivity index is 2.21. The van der Waals surface area contributed by atoms with E-state index < -0.39 is 0 Å². The Morgan fingerprint density at radius 1 is 1.33 bits per heavy atom. The summed E-state index contributed by atoms with van der Waals surface area (Å²) in [4.78, 5) is 11.5. The van der Waals surface area contributed by atoms with Crippen molar-refractivity contribution in [2.45, 2.75) is 12.5 Å². The maximum Gasteiger partial charge on any atom is 0.337 e. The first-order chi connectivity index (χ1) is 8.74. The monoisotopic (exact) mass is 268 g/mol. The molecule has 0 aromatic heterocycles. The summed E-state index contributed by atoms with van der Waals surface area (Å²) in [6.07, 6.45) is 1.22. The predicted octanol–water partition coefficient (Wildman–Crippen LogP) is 2.37. The van der Waals surface area contributed by atoms with Crippen molar-refractivity contribution >= 4 is 17.7 Å². The quantitative estimate of drug-likeness (QED) is 0.784. The molecule has 1 heterocycles. The molecule has 0 bridgehead atoms. The number of ether oxygens (including phenoxy) is 3. The van der Waals surface area contributed by atoms with Crippen molar-refractivity contribution in [3.05, 3.63) is 23.8 Å². The number of hydrogen-bond donors (Lipinski definition) is 0. The van der Waals surface area contributed by atoms with Gasteiger partial charge in [-0.3, -0.25) is 0 Å². The number of carbonyl (C=O) groups excluding carboxylic acids is 1. The maximum atomic E-state index is 11.5. The molecule has 18 heavy (non-hydrogen) atoms. The zero-order chi connectivity index (χ0) is 13.0. The molecule has 4 nitrogen and oxygen atoms in total. The molecule has 1 aliphatic heterocycles. The third kappa shape index (κ3) is 2.90. The second kappa shape index (κ2) is 6.00. The van der Waals surface area contributed by atoms with Gasteiger partial charge in [0.15, 0.2) is 11.5 Å². The van der Waals surface area contributed by atoms with Crippen LogP contribution in [-0.4, -0.2) is 37.8 Å². The Bertz CT molecular complexity index is 427. The van der Waals surface area contributed by atoms with E-state index >= 15 is 0 Å². The van der Waals surface area contributed by atoms with Crippen molar-refractivity contribution in [1.82, 2.24) is 0 Å². The Morgan fingerprint density at radius 2 is 2.17 bits per heavy atom. The lowest BCUT2D eigenvalue weighted by Gasteiger charge is -2.16. The second-order valence-electron chi connectivity index (χ2n) is 3.96. The van der Waals surface area contributed by atoms with Gasteiger partial charge < -0.3 is 14.2 Å². The van der Waals surface area contributed by atoms with Crippen LogP contribution in [0.1, 0.15) is 16.8 Å². The van der Waals surface area contributed by atoms with E-state index in [4.69, 9.17) is 14.2 Å². The number of rotatable bonds is 4. The molecule has 1 atom stereocenters. The highest BCUT2D eigenvalue weighted by molar-refractivity contribution is 7.99. The Hall–Kier alpha value is -1.36. The smallest absolute Gasteiger partial charge is 0.337 e. The summed E-state index contributed by atoms with van der Waals surface area (Å²) in [7, 11) is 2.95. The first kappa shape index (κ1) is 13.1. The molecule has 0 spiro atoms. The SMILES string of the molecule is COC(=O)c1ccc(OC)c(OC2CCSC2)c1. The highest BCUT2D eigenvalue weighted by atomic mass is 32.2. The molecule has 1 fully saturated rings. The lowest BCUT2D eigenvalue weighted by atomic mass is 10.2. The van der Waals surface area contributed by atoms with Crippen LogP contribution in [0.25, 0.3) is 0 Å². The summed E-state index contributed by atoms with van der Waals surface area (Å²) in [5.74, 6) is 2.96. The fourth-order valence-corrected chi connectivity index (χ4v) is 2.89. The zero-order valence-corrected chi connectivity index (χ0v) is 11.3. The molecule has 0 N–H and O–H groups in total. The first-order valence-electron chi connectivity index (χ1n) is 5.75. The van der Waals surface area contributed by atoms with Gasteiger partial charge in [0.05, 0.1) is 19.8 Å². The fraction of sp³-hybridized carbons (Fsp3) is 0.462. The minimum Gasteiger partial charge on any atom is -0.493 e. The van der Waals surface area contributed by atoms with Crippen LogP contribution in [0.15, 0.2) is 18.2 Å². The van der Waals surface area contributed by atoms with Crippen LogP contribution in [0.3, 0.4) is 0 Å². The minimum atomic E-state index is -0.372. The highest BCUT2D eigenvalue weighted by Gasteiger charge is 2.20. The topological polar surface area (TPSA) is 44.8 Å². The van der Waals surface area contributed by atoms with E-state index in [1.54, 1.807) is 25.3 Å². The summed E-state index contributed by atoms with van der Waals surface area (Å²) >= 11 is 1.87. The van der Waals surface area contributed by atoms with Crippen LogP contribution in [0.4, 0.5) is 0 Å². The summed E-state index contributed by atoms with van der Waals surface area (Å²) in [5, 5.41) is 0. The summed E-state index contributed by atoms with van der Waals surface area (Å²) in [5.41, 5.74) is 0.471. The predicted molar refractivity (Wildman–Crippen MR) is 70.7 cm³/mol. The van der Waals surface area contributed by atoms with Gasteiger partial charge in [-0.15, -0.1) is 0 Å². The van der Waals surface area contributed by atoms with Crippen molar-refractivity contribution in [2.24, 2.45) is 0 Å². The third-order valence-corrected chi connectivity index (χ3v) is 3.90. The van der Waals surface area contributed by atoms with E-state index in [0.717, 1.165) is 17.9 Å². The molecule has 0 aliphatic carbocycles. The van der Waals surface area contributed by atoms with Gasteiger partial charge in [-0.1, -0.05) is 0 Å². The van der Waals surface area contributed by atoms with Gasteiger partial charge >= 0.3 is 5.97 Å². The molecular weight excluding hydrogens is 252 g/mol. The summed E-state index contributed by atoms with van der Waals surface area (Å²) < 4.78 is 15.8. The average Bonchev–Trinajstić information content (AvgIpc) is 2.90. The van der Waals surface area contributed by atoms with Crippen LogP contribution in [-0.2, 0) is 4.74 Å². The van der Waals surface area contributed by atoms with E-state index in [9.17, 15) is 4.79 Å². The lowest BCUT2D eigenvalue weighted by molar-refractivity contribution is 0.0600. The molecule has 1 saturated heterocycles. The summed E-state index contributed by atoms with van der Waals surface area (Å²) in [6.45, 7) is 0. The van der Waals surface area contributed by atoms with Crippen molar-refractivity contribution in [2.75, 3.05) is 25.7 Å². The number of benzene rings is 1. The van der Waals surface area contributed by atoms with E-state index in [1.165, 1.54) is 7.11 Å². The Kier molecular flexibility index (Phi) is 4.36. The molecule has 1 aromatic rings. The van der Waals surface area contributed by atoms with E-state index in [1.807, 2.05) is 11.8 Å². The van der Waals surface area contributed by atoms with Gasteiger partial charge in [0, 0.05) is 5.75 Å². The van der Waals surface area contributed by atoms with Crippen LogP contribution in [0, 0.1) is 0 Å². The molecule has 2 rings (SSSR count). The van der Waals surface area contributed by atoms with E-state index in [2.05, 4.69) is 0 Å². The largest absolute Gasteiger partial charge is 0.493 e. The minimum absolute atomic E-state index is 0.191. The fourth-order valence-electron chi connectivity index (χ4n) is 1.80.